The van der Waals surface area contributed by atoms with Gasteiger partial charge in [0, 0.05) is 6.61 Å². The molecule has 0 aromatic carbocycles. The Bertz CT molecular complexity index is 307. The maximum Gasteiger partial charge on any atom is 0.190 e. The minimum Gasteiger partial charge on any atom is -0.390 e. The smallest absolute Gasteiger partial charge is 0.190 e. The lowest BCUT2D eigenvalue weighted by Gasteiger charge is -2.28. The van der Waals surface area contributed by atoms with Crippen molar-refractivity contribution in [1.82, 2.24) is 0 Å². The lowest BCUT2D eigenvalue weighted by atomic mass is 10.0. The van der Waals surface area contributed by atoms with E-state index in [1.54, 1.807) is 0 Å². The fraction of sp³-hybridized carbons (Fsp3) is 1.00. The van der Waals surface area contributed by atoms with Crippen LogP contribution in [-0.2, 0) is 18.9 Å². The van der Waals surface area contributed by atoms with Crippen LogP contribution in [0.5, 0.6) is 0 Å². The highest BCUT2D eigenvalue weighted by Crippen LogP contribution is 2.40. The summed E-state index contributed by atoms with van der Waals surface area (Å²) in [6.45, 7) is 8.57. The van der Waals surface area contributed by atoms with Crippen LogP contribution in [0.2, 0.25) is 0 Å². The van der Waals surface area contributed by atoms with Crippen LogP contribution in [0.15, 0.2) is 0 Å². The zero-order chi connectivity index (χ0) is 14.8. The minimum absolute atomic E-state index is 0.252. The zero-order valence-corrected chi connectivity index (χ0v) is 13.0. The fourth-order valence-electron chi connectivity index (χ4n) is 2.83. The monoisotopic (exact) mass is 288 g/mol. The molecular formula is C15H28O5. The van der Waals surface area contributed by atoms with E-state index in [0.29, 0.717) is 13.0 Å². The fourth-order valence-corrected chi connectivity index (χ4v) is 2.83. The first-order valence-corrected chi connectivity index (χ1v) is 7.79. The summed E-state index contributed by atoms with van der Waals surface area (Å²) in [5.74, 6) is -0.650. The van der Waals surface area contributed by atoms with Crippen molar-refractivity contribution in [3.8, 4) is 0 Å². The quantitative estimate of drug-likeness (QED) is 0.728. The molecule has 2 saturated heterocycles. The first-order chi connectivity index (χ1) is 9.48. The molecule has 0 unspecified atom stereocenters. The summed E-state index contributed by atoms with van der Waals surface area (Å²) in [5, 5.41) is 10.2. The van der Waals surface area contributed by atoms with Crippen LogP contribution in [0, 0.1) is 0 Å². The third-order valence-electron chi connectivity index (χ3n) is 3.80. The van der Waals surface area contributed by atoms with Crippen molar-refractivity contribution in [3.63, 3.8) is 0 Å². The van der Waals surface area contributed by atoms with Gasteiger partial charge in [0.15, 0.2) is 12.1 Å². The molecule has 0 bridgehead atoms. The van der Waals surface area contributed by atoms with Gasteiger partial charge in [0.25, 0.3) is 0 Å². The summed E-state index contributed by atoms with van der Waals surface area (Å²) in [4.78, 5) is 0. The van der Waals surface area contributed by atoms with E-state index in [-0.39, 0.29) is 18.3 Å². The minimum atomic E-state index is -0.650. The number of fused-ring (bicyclic) bond motifs is 1. The summed E-state index contributed by atoms with van der Waals surface area (Å²) in [7, 11) is 0. The van der Waals surface area contributed by atoms with Gasteiger partial charge in [0.1, 0.15) is 18.3 Å². The van der Waals surface area contributed by atoms with E-state index >= 15 is 0 Å². The van der Waals surface area contributed by atoms with Gasteiger partial charge in [-0.3, -0.25) is 0 Å². The number of rotatable bonds is 7. The van der Waals surface area contributed by atoms with Crippen molar-refractivity contribution < 1.29 is 24.1 Å². The Morgan fingerprint density at radius 3 is 2.60 bits per heavy atom. The van der Waals surface area contributed by atoms with Gasteiger partial charge < -0.3 is 24.1 Å². The van der Waals surface area contributed by atoms with Crippen molar-refractivity contribution in [3.05, 3.63) is 0 Å². The predicted octanol–water partition coefficient (Wildman–Crippen LogP) is 2.21. The molecule has 0 saturated carbocycles. The molecule has 0 aromatic rings. The summed E-state index contributed by atoms with van der Waals surface area (Å²) < 4.78 is 23.4. The second-order valence-corrected chi connectivity index (χ2v) is 6.11. The van der Waals surface area contributed by atoms with Gasteiger partial charge in [-0.2, -0.15) is 0 Å². The van der Waals surface area contributed by atoms with E-state index < -0.39 is 18.2 Å². The van der Waals surface area contributed by atoms with Crippen molar-refractivity contribution in [2.45, 2.75) is 89.9 Å². The van der Waals surface area contributed by atoms with Crippen molar-refractivity contribution in [1.29, 1.82) is 0 Å². The van der Waals surface area contributed by atoms with Gasteiger partial charge >= 0.3 is 0 Å². The van der Waals surface area contributed by atoms with Crippen LogP contribution in [0.25, 0.3) is 0 Å². The second-order valence-electron chi connectivity index (χ2n) is 6.11. The Morgan fingerprint density at radius 1 is 1.20 bits per heavy atom. The van der Waals surface area contributed by atoms with E-state index in [1.165, 1.54) is 0 Å². The molecule has 2 aliphatic heterocycles. The molecule has 2 rings (SSSR count). The molecule has 2 aliphatic rings. The van der Waals surface area contributed by atoms with Crippen molar-refractivity contribution >= 4 is 0 Å². The molecule has 0 spiro atoms. The Morgan fingerprint density at radius 2 is 1.95 bits per heavy atom. The second kappa shape index (κ2) is 6.71. The highest BCUT2D eigenvalue weighted by molar-refractivity contribution is 4.96. The standard InChI is InChI=1S/C15H28O5/c1-5-7-9-17-12-11(10(16)8-6-2)18-14-13(12)19-15(3,4)20-14/h10-14,16H,5-9H2,1-4H3/t10-,11-,12+,13-,14-/m1/s1. The molecule has 0 aromatic heterocycles. The molecule has 2 fully saturated rings. The average Bonchev–Trinajstić information content (AvgIpc) is 2.83. The Labute approximate surface area is 121 Å². The first kappa shape index (κ1) is 16.2. The van der Waals surface area contributed by atoms with Gasteiger partial charge in [-0.05, 0) is 26.7 Å². The molecule has 2 heterocycles. The Balaban J connectivity index is 2.02. The Hall–Kier alpha value is -0.200. The number of hydrogen-bond acceptors (Lipinski definition) is 5. The molecule has 20 heavy (non-hydrogen) atoms. The average molecular weight is 288 g/mol. The molecule has 0 radical (unpaired) electrons. The molecule has 5 heteroatoms. The first-order valence-electron chi connectivity index (χ1n) is 7.79. The summed E-state index contributed by atoms with van der Waals surface area (Å²) >= 11 is 0. The lowest BCUT2D eigenvalue weighted by molar-refractivity contribution is -0.229. The van der Waals surface area contributed by atoms with Crippen LogP contribution in [0.1, 0.15) is 53.4 Å². The van der Waals surface area contributed by atoms with Crippen LogP contribution in [0.4, 0.5) is 0 Å². The summed E-state index contributed by atoms with van der Waals surface area (Å²) in [5.41, 5.74) is 0. The van der Waals surface area contributed by atoms with Gasteiger partial charge in [-0.1, -0.05) is 26.7 Å². The van der Waals surface area contributed by atoms with E-state index in [4.69, 9.17) is 18.9 Å². The molecule has 1 N–H and O–H groups in total. The summed E-state index contributed by atoms with van der Waals surface area (Å²) in [6, 6.07) is 0. The molecule has 5 atom stereocenters. The van der Waals surface area contributed by atoms with Crippen LogP contribution in [-0.4, -0.2) is 48.2 Å². The van der Waals surface area contributed by atoms with Crippen molar-refractivity contribution in [2.75, 3.05) is 6.61 Å². The van der Waals surface area contributed by atoms with E-state index in [0.717, 1.165) is 19.3 Å². The van der Waals surface area contributed by atoms with Crippen molar-refractivity contribution in [2.24, 2.45) is 0 Å². The van der Waals surface area contributed by atoms with Gasteiger partial charge in [0.05, 0.1) is 6.10 Å². The largest absolute Gasteiger partial charge is 0.390 e. The normalized spacial score (nSPS) is 37.0. The third-order valence-corrected chi connectivity index (χ3v) is 3.80. The van der Waals surface area contributed by atoms with Crippen LogP contribution >= 0.6 is 0 Å². The molecule has 0 aliphatic carbocycles. The number of aliphatic hydroxyl groups excluding tert-OH is 1. The van der Waals surface area contributed by atoms with Gasteiger partial charge in [-0.15, -0.1) is 0 Å². The molecular weight excluding hydrogens is 260 g/mol. The number of unbranched alkanes of at least 4 members (excludes halogenated alkanes) is 1. The van der Waals surface area contributed by atoms with Crippen LogP contribution < -0.4 is 0 Å². The lowest BCUT2D eigenvalue weighted by Crippen LogP contribution is -2.42. The maximum atomic E-state index is 10.2. The highest BCUT2D eigenvalue weighted by atomic mass is 16.8. The van der Waals surface area contributed by atoms with E-state index in [2.05, 4.69) is 6.92 Å². The van der Waals surface area contributed by atoms with Gasteiger partial charge in [-0.25, -0.2) is 0 Å². The Kier molecular flexibility index (Phi) is 5.42. The van der Waals surface area contributed by atoms with E-state index in [9.17, 15) is 5.11 Å². The number of hydrogen-bond donors (Lipinski definition) is 1. The third kappa shape index (κ3) is 3.52. The molecule has 0 amide bonds. The predicted molar refractivity (Wildman–Crippen MR) is 74.3 cm³/mol. The molecule has 118 valence electrons. The zero-order valence-electron chi connectivity index (χ0n) is 13.0. The maximum absolute atomic E-state index is 10.2. The van der Waals surface area contributed by atoms with Gasteiger partial charge in [0.2, 0.25) is 0 Å². The molecule has 5 nitrogen and oxygen atoms in total. The van der Waals surface area contributed by atoms with E-state index in [1.807, 2.05) is 20.8 Å². The highest BCUT2D eigenvalue weighted by Gasteiger charge is 2.56. The topological polar surface area (TPSA) is 57.2 Å². The number of aliphatic hydroxyl groups is 1. The summed E-state index contributed by atoms with van der Waals surface area (Å²) in [6.07, 6.45) is 1.83. The number of ether oxygens (including phenoxy) is 4. The van der Waals surface area contributed by atoms with Crippen LogP contribution in [0.3, 0.4) is 0 Å². The SMILES string of the molecule is CCCCO[C@@H]1[C@H]2OC(C)(C)O[C@H]2O[C@@H]1[C@H](O)CCC.